The maximum Gasteiger partial charge on any atom is 0.231 e. The topological polar surface area (TPSA) is 66.6 Å². The van der Waals surface area contributed by atoms with E-state index in [1.807, 2.05) is 30.3 Å². The molecule has 2 N–H and O–H groups in total. The molecule has 5 heteroatoms. The van der Waals surface area contributed by atoms with Gasteiger partial charge in [0.15, 0.2) is 0 Å². The van der Waals surface area contributed by atoms with Crippen molar-refractivity contribution in [1.82, 2.24) is 14.7 Å². The molecule has 5 aromatic rings. The predicted molar refractivity (Wildman–Crippen MR) is 156 cm³/mol. The second-order valence-corrected chi connectivity index (χ2v) is 11.0. The normalized spacial score (nSPS) is 15.6. The molecule has 1 aliphatic carbocycles. The zero-order valence-corrected chi connectivity index (χ0v) is 22.7. The number of para-hydroxylation sites is 1. The highest BCUT2D eigenvalue weighted by Crippen LogP contribution is 2.42. The highest BCUT2D eigenvalue weighted by atomic mass is 16.3. The molecule has 39 heavy (non-hydrogen) atoms. The molecule has 198 valence electrons. The van der Waals surface area contributed by atoms with E-state index >= 15 is 0 Å². The first-order valence-corrected chi connectivity index (χ1v) is 13.9. The SMILES string of the molecule is Cc1cc(C)n2c(n1)c(Cc1ccc(C3(C(=O)N[C@H](CO)c4ccccc4)CCCC3)cc1)c1ccccc12. The van der Waals surface area contributed by atoms with E-state index in [2.05, 4.69) is 78.2 Å². The number of aliphatic hydroxyl groups is 1. The summed E-state index contributed by atoms with van der Waals surface area (Å²) in [4.78, 5) is 18.7. The highest BCUT2D eigenvalue weighted by Gasteiger charge is 2.43. The first-order valence-electron chi connectivity index (χ1n) is 13.9. The minimum absolute atomic E-state index is 0.00947. The zero-order valence-electron chi connectivity index (χ0n) is 22.7. The summed E-state index contributed by atoms with van der Waals surface area (Å²) in [5, 5.41) is 14.4. The average molecular weight is 518 g/mol. The Labute approximate surface area is 229 Å². The van der Waals surface area contributed by atoms with Gasteiger partial charge in [0.25, 0.3) is 0 Å². The maximum absolute atomic E-state index is 13.8. The van der Waals surface area contributed by atoms with Crippen LogP contribution in [0.3, 0.4) is 0 Å². The lowest BCUT2D eigenvalue weighted by Crippen LogP contribution is -2.45. The third kappa shape index (κ3) is 4.51. The largest absolute Gasteiger partial charge is 0.394 e. The number of hydrogen-bond acceptors (Lipinski definition) is 3. The van der Waals surface area contributed by atoms with Crippen LogP contribution in [0.2, 0.25) is 0 Å². The Kier molecular flexibility index (Phi) is 6.69. The van der Waals surface area contributed by atoms with Crippen molar-refractivity contribution < 1.29 is 9.90 Å². The lowest BCUT2D eigenvalue weighted by atomic mass is 9.77. The molecule has 1 amide bonds. The third-order valence-electron chi connectivity index (χ3n) is 8.47. The number of amides is 1. The van der Waals surface area contributed by atoms with Crippen LogP contribution in [0.25, 0.3) is 16.6 Å². The Hall–Kier alpha value is -3.96. The van der Waals surface area contributed by atoms with Crippen molar-refractivity contribution in [2.24, 2.45) is 0 Å². The number of carbonyl (C=O) groups excluding carboxylic acids is 1. The van der Waals surface area contributed by atoms with E-state index < -0.39 is 11.5 Å². The summed E-state index contributed by atoms with van der Waals surface area (Å²) in [7, 11) is 0. The summed E-state index contributed by atoms with van der Waals surface area (Å²) in [5.74, 6) is 0.00947. The predicted octanol–water partition coefficient (Wildman–Crippen LogP) is 6.36. The molecule has 1 aliphatic rings. The summed E-state index contributed by atoms with van der Waals surface area (Å²) in [6.45, 7) is 4.06. The first-order chi connectivity index (χ1) is 19.0. The van der Waals surface area contributed by atoms with Gasteiger partial charge in [0.05, 0.1) is 23.6 Å². The Morgan fingerprint density at radius 2 is 1.67 bits per heavy atom. The molecule has 0 unspecified atom stereocenters. The van der Waals surface area contributed by atoms with Gasteiger partial charge in [0.1, 0.15) is 5.65 Å². The molecule has 1 saturated carbocycles. The number of aryl methyl sites for hydroxylation is 2. The second kappa shape index (κ2) is 10.3. The number of aromatic nitrogens is 2. The Balaban J connectivity index is 1.31. The Bertz CT molecular complexity index is 1630. The summed E-state index contributed by atoms with van der Waals surface area (Å²) in [5.41, 5.74) is 8.24. The molecule has 2 heterocycles. The average Bonchev–Trinajstić information content (AvgIpc) is 3.57. The molecule has 0 aliphatic heterocycles. The molecular formula is C34H35N3O2. The number of nitrogens with zero attached hydrogens (tertiary/aromatic N) is 2. The molecule has 6 rings (SSSR count). The first kappa shape index (κ1) is 25.3. The number of carbonyl (C=O) groups is 1. The number of benzene rings is 3. The molecule has 3 aromatic carbocycles. The lowest BCUT2D eigenvalue weighted by molar-refractivity contribution is -0.127. The van der Waals surface area contributed by atoms with E-state index in [4.69, 9.17) is 4.98 Å². The smallest absolute Gasteiger partial charge is 0.231 e. The minimum Gasteiger partial charge on any atom is -0.394 e. The third-order valence-corrected chi connectivity index (χ3v) is 8.47. The number of nitrogens with one attached hydrogen (secondary N) is 1. The molecule has 5 nitrogen and oxygen atoms in total. The number of rotatable bonds is 7. The zero-order chi connectivity index (χ0) is 27.0. The number of aliphatic hydroxyl groups excluding tert-OH is 1. The molecule has 1 atom stereocenters. The van der Waals surface area contributed by atoms with Gasteiger partial charge in [-0.2, -0.15) is 0 Å². The molecule has 2 aromatic heterocycles. The Morgan fingerprint density at radius 3 is 2.38 bits per heavy atom. The van der Waals surface area contributed by atoms with E-state index in [1.54, 1.807) is 0 Å². The fourth-order valence-electron chi connectivity index (χ4n) is 6.50. The minimum atomic E-state index is -0.563. The lowest BCUT2D eigenvalue weighted by Gasteiger charge is -2.31. The molecule has 1 fully saturated rings. The van der Waals surface area contributed by atoms with Crippen LogP contribution in [0.4, 0.5) is 0 Å². The summed E-state index contributed by atoms with van der Waals surface area (Å²) in [6.07, 6.45) is 4.46. The fourth-order valence-corrected chi connectivity index (χ4v) is 6.50. The van der Waals surface area contributed by atoms with Crippen molar-refractivity contribution in [2.75, 3.05) is 6.61 Å². The van der Waals surface area contributed by atoms with E-state index in [9.17, 15) is 9.90 Å². The van der Waals surface area contributed by atoms with Crippen molar-refractivity contribution in [3.8, 4) is 0 Å². The standard InChI is InChI=1S/C34H35N3O2/c1-23-20-24(2)37-31-13-7-6-12-28(31)29(32(37)35-23)21-25-14-16-27(17-15-25)34(18-8-9-19-34)33(39)36-30(22-38)26-10-4-3-5-11-26/h3-7,10-17,20,30,38H,8-9,18-19,21-22H2,1-2H3,(H,36,39)/t30-/m1/s1. The van der Waals surface area contributed by atoms with Crippen LogP contribution in [-0.4, -0.2) is 27.0 Å². The van der Waals surface area contributed by atoms with Crippen molar-refractivity contribution in [1.29, 1.82) is 0 Å². The van der Waals surface area contributed by atoms with Crippen LogP contribution in [0, 0.1) is 13.8 Å². The van der Waals surface area contributed by atoms with Crippen molar-refractivity contribution >= 4 is 22.5 Å². The van der Waals surface area contributed by atoms with Crippen LogP contribution in [-0.2, 0) is 16.6 Å². The Morgan fingerprint density at radius 1 is 0.974 bits per heavy atom. The number of fused-ring (bicyclic) bond motifs is 3. The highest BCUT2D eigenvalue weighted by molar-refractivity contribution is 5.92. The van der Waals surface area contributed by atoms with E-state index in [0.29, 0.717) is 0 Å². The molecule has 0 saturated heterocycles. The van der Waals surface area contributed by atoms with Gasteiger partial charge < -0.3 is 10.4 Å². The molecule has 0 radical (unpaired) electrons. The van der Waals surface area contributed by atoms with Crippen molar-refractivity contribution in [2.45, 2.75) is 57.4 Å². The van der Waals surface area contributed by atoms with Gasteiger partial charge in [0.2, 0.25) is 5.91 Å². The van der Waals surface area contributed by atoms with Crippen molar-refractivity contribution in [3.63, 3.8) is 0 Å². The fraction of sp³-hybridized carbons (Fsp3) is 0.294. The van der Waals surface area contributed by atoms with Gasteiger partial charge >= 0.3 is 0 Å². The van der Waals surface area contributed by atoms with Crippen LogP contribution >= 0.6 is 0 Å². The van der Waals surface area contributed by atoms with Crippen LogP contribution in [0.1, 0.15) is 65.4 Å². The maximum atomic E-state index is 13.8. The summed E-state index contributed by atoms with van der Waals surface area (Å²) < 4.78 is 2.26. The summed E-state index contributed by atoms with van der Waals surface area (Å²) in [6, 6.07) is 28.6. The molecule has 0 bridgehead atoms. The number of hydrogen-bond donors (Lipinski definition) is 2. The summed E-state index contributed by atoms with van der Waals surface area (Å²) >= 11 is 0. The van der Waals surface area contributed by atoms with E-state index in [-0.39, 0.29) is 12.5 Å². The molecular weight excluding hydrogens is 482 g/mol. The van der Waals surface area contributed by atoms with Gasteiger partial charge in [-0.1, -0.05) is 85.6 Å². The van der Waals surface area contributed by atoms with Gasteiger partial charge in [0, 0.05) is 28.8 Å². The van der Waals surface area contributed by atoms with E-state index in [0.717, 1.165) is 54.6 Å². The monoisotopic (exact) mass is 517 g/mol. The van der Waals surface area contributed by atoms with Crippen LogP contribution < -0.4 is 5.32 Å². The second-order valence-electron chi connectivity index (χ2n) is 11.0. The molecule has 0 spiro atoms. The van der Waals surface area contributed by atoms with Gasteiger partial charge in [-0.05, 0) is 55.5 Å². The quantitative estimate of drug-likeness (QED) is 0.264. The van der Waals surface area contributed by atoms with Crippen molar-refractivity contribution in [3.05, 3.63) is 119 Å². The van der Waals surface area contributed by atoms with E-state index in [1.165, 1.54) is 27.7 Å². The van der Waals surface area contributed by atoms with Crippen LogP contribution in [0.5, 0.6) is 0 Å². The van der Waals surface area contributed by atoms with Crippen LogP contribution in [0.15, 0.2) is 84.9 Å². The van der Waals surface area contributed by atoms with Gasteiger partial charge in [-0.15, -0.1) is 0 Å². The van der Waals surface area contributed by atoms with Gasteiger partial charge in [-0.25, -0.2) is 4.98 Å². The van der Waals surface area contributed by atoms with Gasteiger partial charge in [-0.3, -0.25) is 9.20 Å².